The van der Waals surface area contributed by atoms with E-state index < -0.39 is 28.1 Å². The summed E-state index contributed by atoms with van der Waals surface area (Å²) in [6.45, 7) is 1.62. The SMILES string of the molecule is CCOC(=O)c1ccc(S)c(SC(F)(F)F)c1C#N. The Hall–Kier alpha value is -1.33. The fourth-order valence-corrected chi connectivity index (χ4v) is 2.27. The van der Waals surface area contributed by atoms with Crippen molar-refractivity contribution in [2.75, 3.05) is 6.61 Å². The third-order valence-electron chi connectivity index (χ3n) is 1.96. The molecule has 1 aromatic carbocycles. The van der Waals surface area contributed by atoms with Gasteiger partial charge < -0.3 is 4.74 Å². The molecule has 0 bridgehead atoms. The van der Waals surface area contributed by atoms with Crippen LogP contribution >= 0.6 is 24.4 Å². The first kappa shape index (κ1) is 15.7. The van der Waals surface area contributed by atoms with Crippen LogP contribution in [0, 0.1) is 11.3 Å². The molecule has 3 nitrogen and oxygen atoms in total. The van der Waals surface area contributed by atoms with E-state index in [1.165, 1.54) is 12.1 Å². The van der Waals surface area contributed by atoms with Gasteiger partial charge in [-0.1, -0.05) is 0 Å². The van der Waals surface area contributed by atoms with E-state index in [0.717, 1.165) is 0 Å². The quantitative estimate of drug-likeness (QED) is 0.526. The summed E-state index contributed by atoms with van der Waals surface area (Å²) in [6, 6.07) is 4.04. The lowest BCUT2D eigenvalue weighted by Crippen LogP contribution is -2.09. The van der Waals surface area contributed by atoms with Crippen LogP contribution in [0.2, 0.25) is 0 Å². The van der Waals surface area contributed by atoms with Gasteiger partial charge in [-0.05, 0) is 30.8 Å². The second-order valence-corrected chi connectivity index (χ2v) is 4.77. The summed E-state index contributed by atoms with van der Waals surface area (Å²) in [7, 11) is 0. The molecule has 0 aliphatic heterocycles. The Bertz CT molecular complexity index is 538. The van der Waals surface area contributed by atoms with Crippen LogP contribution in [-0.2, 0) is 4.74 Å². The minimum Gasteiger partial charge on any atom is -0.462 e. The van der Waals surface area contributed by atoms with E-state index >= 15 is 0 Å². The number of rotatable bonds is 3. The molecule has 19 heavy (non-hydrogen) atoms. The molecule has 0 radical (unpaired) electrons. The largest absolute Gasteiger partial charge is 0.462 e. The molecular formula is C11H8F3NO2S2. The number of carbonyl (C=O) groups is 1. The van der Waals surface area contributed by atoms with Crippen molar-refractivity contribution < 1.29 is 22.7 Å². The smallest absolute Gasteiger partial charge is 0.446 e. The molecule has 0 fully saturated rings. The van der Waals surface area contributed by atoms with Crippen molar-refractivity contribution in [3.05, 3.63) is 23.3 Å². The summed E-state index contributed by atoms with van der Waals surface area (Å²) in [5, 5.41) is 8.97. The molecule has 0 aliphatic carbocycles. The Morgan fingerprint density at radius 3 is 2.63 bits per heavy atom. The third-order valence-corrected chi connectivity index (χ3v) is 3.35. The number of ether oxygens (including phenoxy) is 1. The number of nitrogens with zero attached hydrogens (tertiary/aromatic N) is 1. The van der Waals surface area contributed by atoms with Gasteiger partial charge >= 0.3 is 11.5 Å². The standard InChI is InChI=1S/C11H8F3NO2S2/c1-2-17-10(16)6-3-4-8(18)9(7(6)5-15)19-11(12,13)14/h3-4,18H,2H2,1H3. The van der Waals surface area contributed by atoms with Gasteiger partial charge in [-0.15, -0.1) is 12.6 Å². The number of thioether (sulfide) groups is 1. The predicted molar refractivity (Wildman–Crippen MR) is 66.3 cm³/mol. The normalized spacial score (nSPS) is 10.9. The Labute approximate surface area is 117 Å². The zero-order chi connectivity index (χ0) is 14.6. The van der Waals surface area contributed by atoms with Crippen LogP contribution in [0.1, 0.15) is 22.8 Å². The first-order valence-electron chi connectivity index (χ1n) is 4.99. The maximum absolute atomic E-state index is 12.4. The van der Waals surface area contributed by atoms with E-state index in [4.69, 9.17) is 5.26 Å². The number of benzene rings is 1. The van der Waals surface area contributed by atoms with Crippen LogP contribution in [0.3, 0.4) is 0 Å². The average Bonchev–Trinajstić information content (AvgIpc) is 2.30. The van der Waals surface area contributed by atoms with Gasteiger partial charge in [-0.25, -0.2) is 4.79 Å². The van der Waals surface area contributed by atoms with Crippen molar-refractivity contribution in [1.82, 2.24) is 0 Å². The number of carbonyl (C=O) groups excluding carboxylic acids is 1. The van der Waals surface area contributed by atoms with Gasteiger partial charge in [0.05, 0.1) is 17.7 Å². The Morgan fingerprint density at radius 1 is 1.53 bits per heavy atom. The van der Waals surface area contributed by atoms with Crippen LogP contribution in [0.15, 0.2) is 21.9 Å². The van der Waals surface area contributed by atoms with E-state index in [9.17, 15) is 18.0 Å². The van der Waals surface area contributed by atoms with Crippen LogP contribution in [0.25, 0.3) is 0 Å². The number of hydrogen-bond acceptors (Lipinski definition) is 5. The highest BCUT2D eigenvalue weighted by atomic mass is 32.2. The summed E-state index contributed by atoms with van der Waals surface area (Å²) in [4.78, 5) is 11.1. The molecule has 1 rings (SSSR count). The minimum atomic E-state index is -4.57. The Morgan fingerprint density at radius 2 is 2.16 bits per heavy atom. The van der Waals surface area contributed by atoms with E-state index in [2.05, 4.69) is 17.4 Å². The molecule has 0 aromatic heterocycles. The number of alkyl halides is 3. The maximum Gasteiger partial charge on any atom is 0.446 e. The molecule has 0 saturated carbocycles. The van der Waals surface area contributed by atoms with Crippen molar-refractivity contribution in [3.8, 4) is 6.07 Å². The summed E-state index contributed by atoms with van der Waals surface area (Å²) in [5.41, 5.74) is -5.15. The Kier molecular flexibility index (Phi) is 5.14. The lowest BCUT2D eigenvalue weighted by atomic mass is 10.1. The van der Waals surface area contributed by atoms with Crippen LogP contribution in [-0.4, -0.2) is 18.1 Å². The monoisotopic (exact) mass is 307 g/mol. The van der Waals surface area contributed by atoms with Crippen LogP contribution in [0.5, 0.6) is 0 Å². The highest BCUT2D eigenvalue weighted by Gasteiger charge is 2.33. The molecule has 0 saturated heterocycles. The molecule has 102 valence electrons. The van der Waals surface area contributed by atoms with Gasteiger partial charge in [0.2, 0.25) is 0 Å². The summed E-state index contributed by atoms with van der Waals surface area (Å²) in [5.74, 6) is -0.837. The van der Waals surface area contributed by atoms with Gasteiger partial charge in [0, 0.05) is 9.79 Å². The highest BCUT2D eigenvalue weighted by Crippen LogP contribution is 2.42. The average molecular weight is 307 g/mol. The lowest BCUT2D eigenvalue weighted by Gasteiger charge is -2.12. The third kappa shape index (κ3) is 4.08. The van der Waals surface area contributed by atoms with Crippen molar-refractivity contribution in [2.45, 2.75) is 22.2 Å². The van der Waals surface area contributed by atoms with Crippen molar-refractivity contribution >= 4 is 30.4 Å². The van der Waals surface area contributed by atoms with E-state index in [-0.39, 0.29) is 22.6 Å². The molecule has 1 aromatic rings. The topological polar surface area (TPSA) is 50.1 Å². The number of nitriles is 1. The molecule has 0 heterocycles. The van der Waals surface area contributed by atoms with Gasteiger partial charge in [-0.2, -0.15) is 18.4 Å². The van der Waals surface area contributed by atoms with Crippen molar-refractivity contribution in [2.24, 2.45) is 0 Å². The first-order valence-corrected chi connectivity index (χ1v) is 6.25. The summed E-state index contributed by atoms with van der Waals surface area (Å²) < 4.78 is 42.0. The fourth-order valence-electron chi connectivity index (χ4n) is 1.28. The highest BCUT2D eigenvalue weighted by molar-refractivity contribution is 8.00. The van der Waals surface area contributed by atoms with Crippen molar-refractivity contribution in [1.29, 1.82) is 5.26 Å². The predicted octanol–water partition coefficient (Wildman–Crippen LogP) is 3.64. The maximum atomic E-state index is 12.4. The van der Waals surface area contributed by atoms with Gasteiger partial charge in [0.15, 0.2) is 0 Å². The number of halogens is 3. The first-order chi connectivity index (χ1) is 8.80. The molecule has 0 amide bonds. The molecule has 8 heteroatoms. The summed E-state index contributed by atoms with van der Waals surface area (Å²) >= 11 is 3.40. The number of esters is 1. The second-order valence-electron chi connectivity index (χ2n) is 3.22. The van der Waals surface area contributed by atoms with Crippen LogP contribution in [0.4, 0.5) is 13.2 Å². The fraction of sp³-hybridized carbons (Fsp3) is 0.273. The Balaban J connectivity index is 3.34. The second kappa shape index (κ2) is 6.21. The molecule has 0 aliphatic rings. The zero-order valence-corrected chi connectivity index (χ0v) is 11.3. The molecule has 0 unspecified atom stereocenters. The summed E-state index contributed by atoms with van der Waals surface area (Å²) in [6.07, 6.45) is 0. The minimum absolute atomic E-state index is 0.0214. The van der Waals surface area contributed by atoms with Crippen LogP contribution < -0.4 is 0 Å². The van der Waals surface area contributed by atoms with Crippen molar-refractivity contribution in [3.63, 3.8) is 0 Å². The molecular weight excluding hydrogens is 299 g/mol. The van der Waals surface area contributed by atoms with E-state index in [1.54, 1.807) is 13.0 Å². The lowest BCUT2D eigenvalue weighted by molar-refractivity contribution is -0.0329. The molecule has 0 N–H and O–H groups in total. The van der Waals surface area contributed by atoms with Gasteiger partial charge in [-0.3, -0.25) is 0 Å². The van der Waals surface area contributed by atoms with Gasteiger partial charge in [0.1, 0.15) is 6.07 Å². The molecule has 0 spiro atoms. The number of thiol groups is 1. The van der Waals surface area contributed by atoms with E-state index in [1.807, 2.05) is 0 Å². The van der Waals surface area contributed by atoms with Gasteiger partial charge in [0.25, 0.3) is 0 Å². The van der Waals surface area contributed by atoms with E-state index in [0.29, 0.717) is 0 Å². The number of hydrogen-bond donors (Lipinski definition) is 1. The zero-order valence-electron chi connectivity index (χ0n) is 9.61. The molecule has 0 atom stereocenters.